The van der Waals surface area contributed by atoms with Crippen LogP contribution in [-0.4, -0.2) is 23.7 Å². The number of hydrogen-bond donors (Lipinski definition) is 2. The number of carbonyl (C=O) groups is 1. The van der Waals surface area contributed by atoms with Gasteiger partial charge in [-0.25, -0.2) is 9.18 Å². The second kappa shape index (κ2) is 10.5. The van der Waals surface area contributed by atoms with Crippen molar-refractivity contribution in [2.24, 2.45) is 0 Å². The number of carboxylic acids is 1. The minimum absolute atomic E-state index is 0.00195. The van der Waals surface area contributed by atoms with E-state index in [9.17, 15) is 14.3 Å². The van der Waals surface area contributed by atoms with E-state index in [4.69, 9.17) is 4.74 Å². The largest absolute Gasteiger partial charge is 0.490 e. The molecule has 0 aromatic heterocycles. The van der Waals surface area contributed by atoms with Crippen LogP contribution in [0.3, 0.4) is 0 Å². The number of fused-ring (bicyclic) bond motifs is 2. The molecule has 1 aliphatic heterocycles. The average molecular weight is 484 g/mol. The molecule has 4 aromatic rings. The Balaban J connectivity index is 1.25. The van der Waals surface area contributed by atoms with E-state index in [1.807, 2.05) is 24.3 Å². The SMILES string of the molecule is C[C@@H](NCCC[C@@H]1C[C@@H](c2ccc(F)c(C(=O)O)c2)c2ccccc2O1)c1cccc2ccccc12. The highest BCUT2D eigenvalue weighted by atomic mass is 19.1. The van der Waals surface area contributed by atoms with Gasteiger partial charge in [0.2, 0.25) is 0 Å². The number of rotatable bonds is 8. The number of ether oxygens (including phenoxy) is 1. The average Bonchev–Trinajstić information content (AvgIpc) is 2.90. The van der Waals surface area contributed by atoms with Crippen LogP contribution in [0.2, 0.25) is 0 Å². The van der Waals surface area contributed by atoms with Gasteiger partial charge in [0.15, 0.2) is 0 Å². The van der Waals surface area contributed by atoms with Gasteiger partial charge < -0.3 is 15.2 Å². The summed E-state index contributed by atoms with van der Waals surface area (Å²) >= 11 is 0. The molecule has 0 spiro atoms. The van der Waals surface area contributed by atoms with Crippen LogP contribution in [0.5, 0.6) is 5.75 Å². The van der Waals surface area contributed by atoms with Crippen LogP contribution in [0.25, 0.3) is 10.8 Å². The van der Waals surface area contributed by atoms with Crippen LogP contribution in [0.15, 0.2) is 84.9 Å². The molecule has 0 amide bonds. The number of carboxylic acid groups (broad SMARTS) is 1. The minimum atomic E-state index is -1.25. The molecule has 0 saturated carbocycles. The summed E-state index contributed by atoms with van der Waals surface area (Å²) in [6, 6.07) is 27.4. The third kappa shape index (κ3) is 4.98. The van der Waals surface area contributed by atoms with E-state index in [0.29, 0.717) is 0 Å². The van der Waals surface area contributed by atoms with Gasteiger partial charge in [-0.3, -0.25) is 0 Å². The summed E-state index contributed by atoms with van der Waals surface area (Å²) in [5, 5.41) is 15.6. The van der Waals surface area contributed by atoms with E-state index in [1.165, 1.54) is 28.5 Å². The van der Waals surface area contributed by atoms with Crippen molar-refractivity contribution in [1.29, 1.82) is 0 Å². The van der Waals surface area contributed by atoms with Crippen molar-refractivity contribution in [2.75, 3.05) is 6.54 Å². The predicted octanol–water partition coefficient (Wildman–Crippen LogP) is 7.09. The van der Waals surface area contributed by atoms with E-state index in [0.717, 1.165) is 42.7 Å². The monoisotopic (exact) mass is 483 g/mol. The number of aromatic carboxylic acids is 1. The van der Waals surface area contributed by atoms with E-state index in [2.05, 4.69) is 54.7 Å². The molecule has 0 fully saturated rings. The first-order chi connectivity index (χ1) is 17.5. The highest BCUT2D eigenvalue weighted by Gasteiger charge is 2.30. The molecule has 0 saturated heterocycles. The zero-order valence-electron chi connectivity index (χ0n) is 20.3. The Morgan fingerprint density at radius 1 is 1.06 bits per heavy atom. The highest BCUT2D eigenvalue weighted by Crippen LogP contribution is 2.41. The maximum Gasteiger partial charge on any atom is 0.338 e. The molecule has 0 radical (unpaired) electrons. The molecule has 1 aliphatic rings. The molecule has 4 nitrogen and oxygen atoms in total. The normalized spacial score (nSPS) is 17.8. The summed E-state index contributed by atoms with van der Waals surface area (Å²) in [4.78, 5) is 11.5. The Morgan fingerprint density at radius 3 is 2.69 bits per heavy atom. The summed E-state index contributed by atoms with van der Waals surface area (Å²) < 4.78 is 20.3. The lowest BCUT2D eigenvalue weighted by molar-refractivity contribution is 0.0691. The van der Waals surface area contributed by atoms with Crippen LogP contribution in [0.4, 0.5) is 4.39 Å². The van der Waals surface area contributed by atoms with Gasteiger partial charge in [-0.15, -0.1) is 0 Å². The quantitative estimate of drug-likeness (QED) is 0.263. The molecule has 0 aliphatic carbocycles. The Hall–Kier alpha value is -3.70. The number of nitrogens with one attached hydrogen (secondary N) is 1. The second-order valence-electron chi connectivity index (χ2n) is 9.50. The molecule has 1 heterocycles. The lowest BCUT2D eigenvalue weighted by atomic mass is 9.82. The molecule has 3 atom stereocenters. The smallest absolute Gasteiger partial charge is 0.338 e. The van der Waals surface area contributed by atoms with Gasteiger partial charge in [-0.2, -0.15) is 0 Å². The fraction of sp³-hybridized carbons (Fsp3) is 0.258. The molecule has 2 N–H and O–H groups in total. The molecule has 36 heavy (non-hydrogen) atoms. The van der Waals surface area contributed by atoms with Crippen molar-refractivity contribution in [3.05, 3.63) is 113 Å². The predicted molar refractivity (Wildman–Crippen MR) is 140 cm³/mol. The molecular formula is C31H30FNO3. The summed E-state index contributed by atoms with van der Waals surface area (Å²) in [7, 11) is 0. The van der Waals surface area contributed by atoms with Crippen molar-refractivity contribution in [3.63, 3.8) is 0 Å². The maximum atomic E-state index is 14.0. The van der Waals surface area contributed by atoms with Gasteiger partial charge in [-0.1, -0.05) is 66.7 Å². The van der Waals surface area contributed by atoms with Gasteiger partial charge in [0.25, 0.3) is 0 Å². The fourth-order valence-corrected chi connectivity index (χ4v) is 5.30. The van der Waals surface area contributed by atoms with E-state index >= 15 is 0 Å². The highest BCUT2D eigenvalue weighted by molar-refractivity contribution is 5.88. The number of benzene rings is 4. The number of hydrogen-bond acceptors (Lipinski definition) is 3. The standard InChI is InChI=1S/C31H30FNO3/c1-20(24-13-6-9-21-8-2-3-11-25(21)24)33-17-7-10-23-19-27(26-12-4-5-14-30(26)36-23)22-15-16-29(32)28(18-22)31(34)35/h2-6,8-9,11-16,18,20,23,27,33H,7,10,17,19H2,1H3,(H,34,35)/t20-,23-,27+/m1/s1. The summed E-state index contributed by atoms with van der Waals surface area (Å²) in [6.07, 6.45) is 2.53. The zero-order valence-corrected chi connectivity index (χ0v) is 20.3. The van der Waals surface area contributed by atoms with E-state index in [1.54, 1.807) is 6.07 Å². The number of para-hydroxylation sites is 1. The van der Waals surface area contributed by atoms with Crippen LogP contribution < -0.4 is 10.1 Å². The Bertz CT molecular complexity index is 1380. The molecular weight excluding hydrogens is 453 g/mol. The molecule has 184 valence electrons. The molecule has 5 rings (SSSR count). The third-order valence-electron chi connectivity index (χ3n) is 7.15. The van der Waals surface area contributed by atoms with E-state index < -0.39 is 11.8 Å². The first-order valence-corrected chi connectivity index (χ1v) is 12.5. The van der Waals surface area contributed by atoms with Crippen LogP contribution >= 0.6 is 0 Å². The van der Waals surface area contributed by atoms with Crippen molar-refractivity contribution in [3.8, 4) is 5.75 Å². The lowest BCUT2D eigenvalue weighted by Gasteiger charge is -2.33. The fourth-order valence-electron chi connectivity index (χ4n) is 5.30. The summed E-state index contributed by atoms with van der Waals surface area (Å²) in [5.41, 5.74) is 2.82. The summed E-state index contributed by atoms with van der Waals surface area (Å²) in [6.45, 7) is 3.05. The summed E-state index contributed by atoms with van der Waals surface area (Å²) in [5.74, 6) is -1.19. The van der Waals surface area contributed by atoms with Crippen molar-refractivity contribution in [2.45, 2.75) is 44.2 Å². The molecule has 5 heteroatoms. The van der Waals surface area contributed by atoms with Gasteiger partial charge in [0.05, 0.1) is 11.7 Å². The Morgan fingerprint density at radius 2 is 1.83 bits per heavy atom. The second-order valence-corrected chi connectivity index (χ2v) is 9.50. The first kappa shape index (κ1) is 24.0. The van der Waals surface area contributed by atoms with Gasteiger partial charge in [0, 0.05) is 17.5 Å². The van der Waals surface area contributed by atoms with Gasteiger partial charge in [0.1, 0.15) is 11.6 Å². The first-order valence-electron chi connectivity index (χ1n) is 12.5. The molecule has 0 bridgehead atoms. The van der Waals surface area contributed by atoms with Crippen LogP contribution in [-0.2, 0) is 0 Å². The van der Waals surface area contributed by atoms with Crippen LogP contribution in [0, 0.1) is 5.82 Å². The van der Waals surface area contributed by atoms with Crippen molar-refractivity contribution < 1.29 is 19.0 Å². The Kier molecular flexibility index (Phi) is 7.01. The van der Waals surface area contributed by atoms with E-state index in [-0.39, 0.29) is 23.6 Å². The van der Waals surface area contributed by atoms with Gasteiger partial charge >= 0.3 is 5.97 Å². The lowest BCUT2D eigenvalue weighted by Crippen LogP contribution is -2.28. The third-order valence-corrected chi connectivity index (χ3v) is 7.15. The van der Waals surface area contributed by atoms with Gasteiger partial charge in [-0.05, 0) is 72.8 Å². The minimum Gasteiger partial charge on any atom is -0.490 e. The van der Waals surface area contributed by atoms with Crippen molar-refractivity contribution >= 4 is 16.7 Å². The van der Waals surface area contributed by atoms with Crippen molar-refractivity contribution in [1.82, 2.24) is 5.32 Å². The maximum absolute atomic E-state index is 14.0. The zero-order chi connectivity index (χ0) is 25.1. The Labute approximate surface area is 210 Å². The molecule has 4 aromatic carbocycles. The number of halogens is 1. The molecule has 0 unspecified atom stereocenters. The van der Waals surface area contributed by atoms with Crippen LogP contribution in [0.1, 0.15) is 65.2 Å². The topological polar surface area (TPSA) is 58.6 Å².